The summed E-state index contributed by atoms with van der Waals surface area (Å²) in [6.45, 7) is 4.49. The molecule has 0 aromatic heterocycles. The molecule has 8 nitrogen and oxygen atoms in total. The van der Waals surface area contributed by atoms with Gasteiger partial charge in [0, 0.05) is 24.3 Å². The van der Waals surface area contributed by atoms with Gasteiger partial charge in [0.25, 0.3) is 0 Å². The third-order valence-electron chi connectivity index (χ3n) is 1.94. The Hall–Kier alpha value is -2.64. The molecule has 0 aromatic rings. The van der Waals surface area contributed by atoms with Crippen molar-refractivity contribution in [1.29, 1.82) is 0 Å². The summed E-state index contributed by atoms with van der Waals surface area (Å²) in [4.78, 5) is 38.2. The van der Waals surface area contributed by atoms with Gasteiger partial charge in [0.15, 0.2) is 0 Å². The van der Waals surface area contributed by atoms with E-state index in [1.165, 1.54) is 32.1 Å². The first-order valence-electron chi connectivity index (χ1n) is 6.95. The van der Waals surface area contributed by atoms with Crippen molar-refractivity contribution < 1.29 is 39.6 Å². The molecule has 0 heterocycles. The lowest BCUT2D eigenvalue weighted by Crippen LogP contribution is -1.91. The first-order chi connectivity index (χ1) is 10.7. The molecule has 4 N–H and O–H groups in total. The highest BCUT2D eigenvalue weighted by molar-refractivity contribution is 5.90. The number of unbranched alkanes of at least 4 members (excludes halogenated alkanes) is 4. The zero-order valence-electron chi connectivity index (χ0n) is 13.3. The van der Waals surface area contributed by atoms with Crippen LogP contribution in [0.5, 0.6) is 0 Å². The summed E-state index contributed by atoms with van der Waals surface area (Å²) in [5, 5.41) is 31.2. The van der Waals surface area contributed by atoms with Crippen molar-refractivity contribution in [3.63, 3.8) is 0 Å². The van der Waals surface area contributed by atoms with Crippen molar-refractivity contribution in [2.24, 2.45) is 0 Å². The number of carboxylic acids is 4. The molecule has 0 spiro atoms. The molecule has 0 rings (SSSR count). The van der Waals surface area contributed by atoms with Crippen LogP contribution < -0.4 is 0 Å². The fraction of sp³-hybridized carbons (Fsp3) is 0.467. The van der Waals surface area contributed by atoms with E-state index in [0.717, 1.165) is 0 Å². The lowest BCUT2D eigenvalue weighted by atomic mass is 10.2. The highest BCUT2D eigenvalue weighted by Gasteiger charge is 1.88. The van der Waals surface area contributed by atoms with Gasteiger partial charge in [-0.05, 0) is 0 Å². The third kappa shape index (κ3) is 45.2. The second-order valence-corrected chi connectivity index (χ2v) is 4.08. The highest BCUT2D eigenvalue weighted by atomic mass is 16.4. The third-order valence-corrected chi connectivity index (χ3v) is 1.94. The number of aliphatic carboxylic acids is 4. The molecule has 0 bridgehead atoms. The quantitative estimate of drug-likeness (QED) is 0.391. The largest absolute Gasteiger partial charge is 0.478 e. The predicted molar refractivity (Wildman–Crippen MR) is 83.3 cm³/mol. The summed E-state index contributed by atoms with van der Waals surface area (Å²) >= 11 is 0. The SMILES string of the molecule is CCCCCCC.O=C(O)/C=C\C(=O)O.O=C(O)/C=C\C(=O)O. The Bertz CT molecular complexity index is 340. The van der Waals surface area contributed by atoms with Crippen LogP contribution in [-0.4, -0.2) is 44.3 Å². The number of carboxylic acid groups (broad SMARTS) is 4. The van der Waals surface area contributed by atoms with E-state index in [4.69, 9.17) is 20.4 Å². The molecule has 0 aliphatic rings. The molecule has 0 atom stereocenters. The summed E-state index contributed by atoms with van der Waals surface area (Å²) in [7, 11) is 0. The molecule has 0 aliphatic carbocycles. The van der Waals surface area contributed by atoms with Gasteiger partial charge >= 0.3 is 23.9 Å². The van der Waals surface area contributed by atoms with Gasteiger partial charge < -0.3 is 20.4 Å². The molecular weight excluding hydrogens is 308 g/mol. The smallest absolute Gasteiger partial charge is 0.328 e. The van der Waals surface area contributed by atoms with E-state index in [-0.39, 0.29) is 0 Å². The Labute approximate surface area is 134 Å². The van der Waals surface area contributed by atoms with E-state index in [0.29, 0.717) is 24.3 Å². The molecule has 0 amide bonds. The lowest BCUT2D eigenvalue weighted by molar-refractivity contribution is -0.134. The Morgan fingerprint density at radius 1 is 0.565 bits per heavy atom. The molecule has 0 saturated carbocycles. The molecular formula is C15H24O8. The molecule has 23 heavy (non-hydrogen) atoms. The van der Waals surface area contributed by atoms with E-state index in [9.17, 15) is 19.2 Å². The summed E-state index contributed by atoms with van der Waals surface area (Å²) in [5.74, 6) is -5.03. The summed E-state index contributed by atoms with van der Waals surface area (Å²) in [6, 6.07) is 0. The molecule has 0 unspecified atom stereocenters. The normalized spacial score (nSPS) is 9.48. The zero-order valence-corrected chi connectivity index (χ0v) is 13.3. The van der Waals surface area contributed by atoms with Crippen molar-refractivity contribution in [2.45, 2.75) is 46.0 Å². The van der Waals surface area contributed by atoms with Gasteiger partial charge in [0.1, 0.15) is 0 Å². The fourth-order valence-electron chi connectivity index (χ4n) is 0.962. The van der Waals surface area contributed by atoms with Gasteiger partial charge in [-0.25, -0.2) is 19.2 Å². The van der Waals surface area contributed by atoms with Crippen LogP contribution in [0.2, 0.25) is 0 Å². The molecule has 0 aromatic carbocycles. The average molecular weight is 332 g/mol. The number of hydrogen-bond acceptors (Lipinski definition) is 4. The highest BCUT2D eigenvalue weighted by Crippen LogP contribution is 2.00. The topological polar surface area (TPSA) is 149 Å². The van der Waals surface area contributed by atoms with Crippen LogP contribution in [0.1, 0.15) is 46.0 Å². The van der Waals surface area contributed by atoms with Gasteiger partial charge in [-0.15, -0.1) is 0 Å². The number of hydrogen-bond donors (Lipinski definition) is 4. The minimum atomic E-state index is -1.26. The Morgan fingerprint density at radius 3 is 0.913 bits per heavy atom. The van der Waals surface area contributed by atoms with Crippen molar-refractivity contribution in [3.05, 3.63) is 24.3 Å². The van der Waals surface area contributed by atoms with Gasteiger partial charge in [-0.2, -0.15) is 0 Å². The number of rotatable bonds is 8. The predicted octanol–water partition coefficient (Wildman–Crippen LogP) is 2.40. The van der Waals surface area contributed by atoms with Gasteiger partial charge in [-0.1, -0.05) is 46.0 Å². The lowest BCUT2D eigenvalue weighted by Gasteiger charge is -1.90. The standard InChI is InChI=1S/C7H16.2C4H4O4/c1-3-5-7-6-4-2;2*5-3(6)1-2-4(7)8/h3-7H2,1-2H3;2*1-2H,(H,5,6)(H,7,8)/b;2*2-1-. The summed E-state index contributed by atoms with van der Waals surface area (Å²) < 4.78 is 0. The number of carbonyl (C=O) groups is 4. The molecule has 0 aliphatic heterocycles. The summed E-state index contributed by atoms with van der Waals surface area (Å²) in [5.41, 5.74) is 0. The van der Waals surface area contributed by atoms with E-state index in [1.807, 2.05) is 0 Å². The molecule has 0 saturated heterocycles. The Morgan fingerprint density at radius 2 is 0.783 bits per heavy atom. The first-order valence-corrected chi connectivity index (χ1v) is 6.95. The molecule has 0 fully saturated rings. The first kappa shape index (κ1) is 25.3. The van der Waals surface area contributed by atoms with Crippen LogP contribution in [-0.2, 0) is 19.2 Å². The van der Waals surface area contributed by atoms with Gasteiger partial charge in [-0.3, -0.25) is 0 Å². The molecule has 132 valence electrons. The van der Waals surface area contributed by atoms with E-state index in [2.05, 4.69) is 13.8 Å². The van der Waals surface area contributed by atoms with Crippen LogP contribution in [0.4, 0.5) is 0 Å². The Balaban J connectivity index is -0.000000262. The summed E-state index contributed by atoms with van der Waals surface area (Å²) in [6.07, 6.45) is 9.24. The Kier molecular flexibility index (Phi) is 21.3. The van der Waals surface area contributed by atoms with Gasteiger partial charge in [0.2, 0.25) is 0 Å². The maximum absolute atomic E-state index is 9.55. The van der Waals surface area contributed by atoms with E-state index >= 15 is 0 Å². The van der Waals surface area contributed by atoms with Crippen LogP contribution in [0.3, 0.4) is 0 Å². The van der Waals surface area contributed by atoms with Crippen LogP contribution in [0.25, 0.3) is 0 Å². The van der Waals surface area contributed by atoms with Gasteiger partial charge in [0.05, 0.1) is 0 Å². The zero-order chi connectivity index (χ0) is 18.7. The van der Waals surface area contributed by atoms with Crippen LogP contribution in [0.15, 0.2) is 24.3 Å². The van der Waals surface area contributed by atoms with Crippen molar-refractivity contribution in [2.75, 3.05) is 0 Å². The maximum atomic E-state index is 9.55. The minimum Gasteiger partial charge on any atom is -0.478 e. The fourth-order valence-corrected chi connectivity index (χ4v) is 0.962. The molecule has 0 radical (unpaired) electrons. The van der Waals surface area contributed by atoms with E-state index in [1.54, 1.807) is 0 Å². The van der Waals surface area contributed by atoms with Crippen molar-refractivity contribution >= 4 is 23.9 Å². The second-order valence-electron chi connectivity index (χ2n) is 4.08. The van der Waals surface area contributed by atoms with E-state index < -0.39 is 23.9 Å². The van der Waals surface area contributed by atoms with Crippen molar-refractivity contribution in [3.8, 4) is 0 Å². The van der Waals surface area contributed by atoms with Crippen molar-refractivity contribution in [1.82, 2.24) is 0 Å². The monoisotopic (exact) mass is 332 g/mol. The second kappa shape index (κ2) is 19.4. The minimum absolute atomic E-state index is 0.558. The average Bonchev–Trinajstić information content (AvgIpc) is 2.45. The molecule has 8 heteroatoms. The van der Waals surface area contributed by atoms with Crippen LogP contribution in [0, 0.1) is 0 Å². The van der Waals surface area contributed by atoms with Crippen LogP contribution >= 0.6 is 0 Å². The maximum Gasteiger partial charge on any atom is 0.328 e.